The van der Waals surface area contributed by atoms with Gasteiger partial charge in [-0.05, 0) is 68.7 Å². The SMILES string of the molecule is c1ccc(-c2cc(-c3ccccc3)nc(-n3c4cc(-c5ccc6ccc7cccnc7c6n5)ccc4c4cc5c6ccccc6c6ccccc6c5cc43)n2)cc1. The van der Waals surface area contributed by atoms with E-state index in [4.69, 9.17) is 19.9 Å². The van der Waals surface area contributed by atoms with Gasteiger partial charge in [-0.15, -0.1) is 0 Å². The lowest BCUT2D eigenvalue weighted by Gasteiger charge is -2.13. The van der Waals surface area contributed by atoms with E-state index in [-0.39, 0.29) is 0 Å². The van der Waals surface area contributed by atoms with Gasteiger partial charge < -0.3 is 0 Å². The van der Waals surface area contributed by atoms with Gasteiger partial charge in [-0.2, -0.15) is 0 Å². The van der Waals surface area contributed by atoms with Gasteiger partial charge >= 0.3 is 0 Å². The Bertz CT molecular complexity index is 3520. The molecule has 8 aromatic carbocycles. The van der Waals surface area contributed by atoms with Crippen LogP contribution in [-0.4, -0.2) is 24.5 Å². The van der Waals surface area contributed by atoms with Crippen molar-refractivity contribution in [1.29, 1.82) is 0 Å². The molecule has 0 fully saturated rings. The summed E-state index contributed by atoms with van der Waals surface area (Å²) >= 11 is 0. The van der Waals surface area contributed by atoms with E-state index in [1.54, 1.807) is 0 Å². The Morgan fingerprint density at radius 1 is 0.316 bits per heavy atom. The maximum absolute atomic E-state index is 5.37. The highest BCUT2D eigenvalue weighted by atomic mass is 15.2. The minimum atomic E-state index is 0.610. The first-order valence-electron chi connectivity index (χ1n) is 19.2. The van der Waals surface area contributed by atoms with Crippen LogP contribution >= 0.6 is 0 Å². The summed E-state index contributed by atoms with van der Waals surface area (Å²) in [7, 11) is 0. The molecular weight excluding hydrogens is 695 g/mol. The summed E-state index contributed by atoms with van der Waals surface area (Å²) in [6, 6.07) is 64.3. The minimum Gasteiger partial charge on any atom is -0.278 e. The van der Waals surface area contributed by atoms with E-state index in [0.29, 0.717) is 5.95 Å². The number of rotatable bonds is 4. The molecule has 0 unspecified atom stereocenters. The van der Waals surface area contributed by atoms with Gasteiger partial charge in [0.25, 0.3) is 0 Å². The van der Waals surface area contributed by atoms with Gasteiger partial charge in [0, 0.05) is 44.4 Å². The van der Waals surface area contributed by atoms with Crippen molar-refractivity contribution in [2.24, 2.45) is 0 Å². The molecule has 0 aliphatic rings. The van der Waals surface area contributed by atoms with Crippen LogP contribution in [0.25, 0.3) is 116 Å². The summed E-state index contributed by atoms with van der Waals surface area (Å²) < 4.78 is 2.26. The van der Waals surface area contributed by atoms with E-state index >= 15 is 0 Å². The minimum absolute atomic E-state index is 0.610. The zero-order valence-corrected chi connectivity index (χ0v) is 30.6. The number of benzene rings is 8. The Labute approximate surface area is 327 Å². The van der Waals surface area contributed by atoms with Gasteiger partial charge in [-0.1, -0.05) is 146 Å². The summed E-state index contributed by atoms with van der Waals surface area (Å²) in [5, 5.41) is 11.8. The van der Waals surface area contributed by atoms with E-state index in [1.165, 1.54) is 32.3 Å². The van der Waals surface area contributed by atoms with Crippen molar-refractivity contribution >= 4 is 75.9 Å². The van der Waals surface area contributed by atoms with Gasteiger partial charge in [0.2, 0.25) is 5.95 Å². The van der Waals surface area contributed by atoms with Crippen LogP contribution < -0.4 is 0 Å². The second-order valence-corrected chi connectivity index (χ2v) is 14.7. The van der Waals surface area contributed by atoms with Crippen LogP contribution in [0, 0.1) is 0 Å². The number of pyridine rings is 2. The molecule has 5 nitrogen and oxygen atoms in total. The van der Waals surface area contributed by atoms with Crippen LogP contribution in [0.2, 0.25) is 0 Å². The summed E-state index contributed by atoms with van der Waals surface area (Å²) in [5.74, 6) is 0.610. The summed E-state index contributed by atoms with van der Waals surface area (Å²) in [5.41, 5.74) is 9.51. The van der Waals surface area contributed by atoms with Gasteiger partial charge in [0.1, 0.15) is 0 Å². The van der Waals surface area contributed by atoms with E-state index in [9.17, 15) is 0 Å². The highest BCUT2D eigenvalue weighted by Crippen LogP contribution is 2.42. The van der Waals surface area contributed by atoms with Crippen LogP contribution in [0.4, 0.5) is 0 Å². The van der Waals surface area contributed by atoms with Crippen molar-refractivity contribution in [2.45, 2.75) is 0 Å². The molecule has 12 rings (SSSR count). The molecule has 0 saturated carbocycles. The van der Waals surface area contributed by atoms with E-state index in [1.807, 2.05) is 24.4 Å². The zero-order valence-electron chi connectivity index (χ0n) is 30.6. The van der Waals surface area contributed by atoms with Crippen LogP contribution in [0.5, 0.6) is 0 Å². The Kier molecular flexibility index (Phi) is 6.86. The largest absolute Gasteiger partial charge is 0.278 e. The fraction of sp³-hybridized carbons (Fsp3) is 0. The average molecular weight is 726 g/mol. The van der Waals surface area contributed by atoms with Crippen molar-refractivity contribution in [3.63, 3.8) is 0 Å². The number of aromatic nitrogens is 5. The second-order valence-electron chi connectivity index (χ2n) is 14.7. The second kappa shape index (κ2) is 12.4. The van der Waals surface area contributed by atoms with Crippen LogP contribution in [0.3, 0.4) is 0 Å². The maximum atomic E-state index is 5.37. The average Bonchev–Trinajstić information content (AvgIpc) is 3.61. The predicted octanol–water partition coefficient (Wildman–Crippen LogP) is 13.1. The first-order chi connectivity index (χ1) is 28.2. The highest BCUT2D eigenvalue weighted by molar-refractivity contribution is 6.29. The van der Waals surface area contributed by atoms with Crippen LogP contribution in [0.1, 0.15) is 0 Å². The lowest BCUT2D eigenvalue weighted by Crippen LogP contribution is -2.04. The molecule has 0 radical (unpaired) electrons. The Morgan fingerprint density at radius 3 is 1.54 bits per heavy atom. The Hall–Kier alpha value is -7.76. The summed E-state index contributed by atoms with van der Waals surface area (Å²) in [6.07, 6.45) is 1.84. The molecule has 5 heteroatoms. The third kappa shape index (κ3) is 4.96. The van der Waals surface area contributed by atoms with Crippen molar-refractivity contribution < 1.29 is 0 Å². The Balaban J connectivity index is 1.20. The molecule has 0 bridgehead atoms. The lowest BCUT2D eigenvalue weighted by molar-refractivity contribution is 0.996. The molecule has 0 N–H and O–H groups in total. The fourth-order valence-electron chi connectivity index (χ4n) is 8.72. The number of nitrogens with zero attached hydrogens (tertiary/aromatic N) is 5. The highest BCUT2D eigenvalue weighted by Gasteiger charge is 2.20. The predicted molar refractivity (Wildman–Crippen MR) is 236 cm³/mol. The van der Waals surface area contributed by atoms with Gasteiger partial charge in [-0.25, -0.2) is 15.0 Å². The summed E-state index contributed by atoms with van der Waals surface area (Å²) in [4.78, 5) is 20.7. The first-order valence-corrected chi connectivity index (χ1v) is 19.2. The van der Waals surface area contributed by atoms with Crippen molar-refractivity contribution in [2.75, 3.05) is 0 Å². The molecule has 4 heterocycles. The Morgan fingerprint density at radius 2 is 0.877 bits per heavy atom. The molecule has 12 aromatic rings. The lowest BCUT2D eigenvalue weighted by atomic mass is 9.93. The van der Waals surface area contributed by atoms with Crippen molar-refractivity contribution in [3.05, 3.63) is 188 Å². The van der Waals surface area contributed by atoms with E-state index in [0.717, 1.165) is 77.4 Å². The molecule has 0 aliphatic heterocycles. The van der Waals surface area contributed by atoms with E-state index in [2.05, 4.69) is 168 Å². The van der Waals surface area contributed by atoms with Gasteiger partial charge in [-0.3, -0.25) is 9.55 Å². The monoisotopic (exact) mass is 725 g/mol. The smallest absolute Gasteiger partial charge is 0.235 e. The molecule has 0 aliphatic carbocycles. The molecule has 264 valence electrons. The standard InChI is InChI=1S/C52H31N5/c1-3-12-32(13-4-1)46-31-47(33-14-5-2-6-15-33)56-52(55-46)57-48-28-36(45-26-24-35-22-21-34-16-11-27-53-50(34)51(35)54-45)23-25-41(48)44-29-42-39-19-9-7-17-37(39)38-18-8-10-20-40(38)43(42)30-49(44)57/h1-31H. The van der Waals surface area contributed by atoms with Crippen LogP contribution in [-0.2, 0) is 0 Å². The van der Waals surface area contributed by atoms with Crippen LogP contribution in [0.15, 0.2) is 188 Å². The molecule has 0 amide bonds. The van der Waals surface area contributed by atoms with Gasteiger partial charge in [0.05, 0.1) is 39.1 Å². The third-order valence-corrected chi connectivity index (χ3v) is 11.4. The number of fused-ring (bicyclic) bond motifs is 12. The van der Waals surface area contributed by atoms with Crippen molar-refractivity contribution in [3.8, 4) is 39.7 Å². The zero-order chi connectivity index (χ0) is 37.5. The van der Waals surface area contributed by atoms with Gasteiger partial charge in [0.15, 0.2) is 0 Å². The molecule has 57 heavy (non-hydrogen) atoms. The molecular formula is C52H31N5. The molecule has 0 saturated heterocycles. The summed E-state index contributed by atoms with van der Waals surface area (Å²) in [6.45, 7) is 0. The quantitative estimate of drug-likeness (QED) is 0.170. The molecule has 0 atom stereocenters. The topological polar surface area (TPSA) is 56.5 Å². The number of hydrogen-bond donors (Lipinski definition) is 0. The number of hydrogen-bond acceptors (Lipinski definition) is 4. The normalized spacial score (nSPS) is 11.9. The first kappa shape index (κ1) is 31.6. The molecule has 4 aromatic heterocycles. The van der Waals surface area contributed by atoms with Crippen molar-refractivity contribution in [1.82, 2.24) is 24.5 Å². The van der Waals surface area contributed by atoms with E-state index < -0.39 is 0 Å². The third-order valence-electron chi connectivity index (χ3n) is 11.4. The molecule has 0 spiro atoms. The fourth-order valence-corrected chi connectivity index (χ4v) is 8.72. The maximum Gasteiger partial charge on any atom is 0.235 e.